The fourth-order valence-electron chi connectivity index (χ4n) is 0.833. The molecule has 0 unspecified atom stereocenters. The van der Waals surface area contributed by atoms with E-state index in [1.807, 2.05) is 14.1 Å². The quantitative estimate of drug-likeness (QED) is 0.368. The number of carbonyl (C=O) groups excluding carboxylic acids is 1. The van der Waals surface area contributed by atoms with Crippen LogP contribution in [0.5, 0.6) is 0 Å². The lowest BCUT2D eigenvalue weighted by atomic mass is 10.5. The Morgan fingerprint density at radius 1 is 1.60 bits per heavy atom. The van der Waals surface area contributed by atoms with Crippen molar-refractivity contribution in [2.24, 2.45) is 0 Å². The maximum absolute atomic E-state index is 10.1. The summed E-state index contributed by atoms with van der Waals surface area (Å²) in [5, 5.41) is 13.0. The molecule has 0 amide bonds. The molecule has 4 heteroatoms. The second kappa shape index (κ2) is 3.53. The molecule has 60 valence electrons. The number of nitrogens with one attached hydrogen (secondary N) is 1. The number of carbonyl (C=O) groups is 1. The maximum Gasteiger partial charge on any atom is 0.132 e. The van der Waals surface area contributed by atoms with E-state index in [0.29, 0.717) is 11.2 Å². The molecule has 0 radical (unpaired) electrons. The van der Waals surface area contributed by atoms with E-state index in [4.69, 9.17) is 0 Å². The first-order valence-electron chi connectivity index (χ1n) is 3.14. The third-order valence-electron chi connectivity index (χ3n) is 1.14. The van der Waals surface area contributed by atoms with Crippen molar-refractivity contribution in [2.75, 3.05) is 34.4 Å². The summed E-state index contributed by atoms with van der Waals surface area (Å²) in [6, 6.07) is 0. The maximum atomic E-state index is 10.1. The van der Waals surface area contributed by atoms with Crippen molar-refractivity contribution in [3.05, 3.63) is 0 Å². The SMILES string of the molecule is CNC[N+](C)(C)CC(=O)[O-]. The number of quaternary nitrogens is 1. The van der Waals surface area contributed by atoms with E-state index in [1.54, 1.807) is 7.05 Å². The van der Waals surface area contributed by atoms with E-state index < -0.39 is 5.97 Å². The van der Waals surface area contributed by atoms with E-state index in [0.717, 1.165) is 0 Å². The minimum atomic E-state index is -1.01. The van der Waals surface area contributed by atoms with Gasteiger partial charge in [-0.15, -0.1) is 0 Å². The van der Waals surface area contributed by atoms with Crippen LogP contribution in [0.4, 0.5) is 0 Å². The summed E-state index contributed by atoms with van der Waals surface area (Å²) in [5.41, 5.74) is 0. The number of likely N-dealkylation sites (N-methyl/N-ethyl adjacent to an activating group) is 1. The molecule has 0 bridgehead atoms. The van der Waals surface area contributed by atoms with Crippen molar-refractivity contribution in [1.82, 2.24) is 5.32 Å². The van der Waals surface area contributed by atoms with E-state index in [-0.39, 0.29) is 6.54 Å². The van der Waals surface area contributed by atoms with Gasteiger partial charge in [-0.25, -0.2) is 0 Å². The summed E-state index contributed by atoms with van der Waals surface area (Å²) in [6.07, 6.45) is 0. The lowest BCUT2D eigenvalue weighted by Gasteiger charge is -2.29. The number of hydrogen-bond acceptors (Lipinski definition) is 3. The van der Waals surface area contributed by atoms with Gasteiger partial charge in [-0.1, -0.05) is 0 Å². The smallest absolute Gasteiger partial charge is 0.132 e. The number of carboxylic acids is 1. The standard InChI is InChI=1S/C6H14N2O2/c1-7-5-8(2,3)4-6(9)10/h7H,4-5H2,1-3H3. The Morgan fingerprint density at radius 3 is 2.40 bits per heavy atom. The number of aliphatic carboxylic acids is 1. The molecule has 0 aromatic heterocycles. The van der Waals surface area contributed by atoms with Crippen LogP contribution in [0.25, 0.3) is 0 Å². The molecule has 0 aliphatic carbocycles. The van der Waals surface area contributed by atoms with Crippen LogP contribution in [0.1, 0.15) is 0 Å². The van der Waals surface area contributed by atoms with Crippen LogP contribution in [0, 0.1) is 0 Å². The zero-order chi connectivity index (χ0) is 8.20. The Labute approximate surface area is 61.0 Å². The molecule has 10 heavy (non-hydrogen) atoms. The van der Waals surface area contributed by atoms with Crippen molar-refractivity contribution >= 4 is 5.97 Å². The van der Waals surface area contributed by atoms with Crippen molar-refractivity contribution in [2.45, 2.75) is 0 Å². The monoisotopic (exact) mass is 146 g/mol. The summed E-state index contributed by atoms with van der Waals surface area (Å²) in [7, 11) is 5.44. The van der Waals surface area contributed by atoms with Gasteiger partial charge in [-0.05, 0) is 7.05 Å². The summed E-state index contributed by atoms with van der Waals surface area (Å²) in [5.74, 6) is -1.01. The van der Waals surface area contributed by atoms with Crippen LogP contribution >= 0.6 is 0 Å². The lowest BCUT2D eigenvalue weighted by Crippen LogP contribution is -2.51. The topological polar surface area (TPSA) is 52.2 Å². The van der Waals surface area contributed by atoms with Crippen molar-refractivity contribution in [3.8, 4) is 0 Å². The third kappa shape index (κ3) is 4.29. The second-order valence-electron chi connectivity index (χ2n) is 2.98. The largest absolute Gasteiger partial charge is 0.544 e. The average molecular weight is 146 g/mol. The van der Waals surface area contributed by atoms with Gasteiger partial charge < -0.3 is 14.4 Å². The molecule has 1 N–H and O–H groups in total. The first-order chi connectivity index (χ1) is 4.48. The van der Waals surface area contributed by atoms with Gasteiger partial charge in [-0.3, -0.25) is 5.32 Å². The van der Waals surface area contributed by atoms with Crippen LogP contribution < -0.4 is 10.4 Å². The Hall–Kier alpha value is -0.610. The Kier molecular flexibility index (Phi) is 3.32. The molecule has 0 aromatic rings. The lowest BCUT2D eigenvalue weighted by molar-refractivity contribution is -0.887. The molecule has 4 nitrogen and oxygen atoms in total. The molecule has 0 aliphatic rings. The molecule has 0 saturated heterocycles. The number of carboxylic acid groups (broad SMARTS) is 1. The highest BCUT2D eigenvalue weighted by molar-refractivity contribution is 5.65. The van der Waals surface area contributed by atoms with Gasteiger partial charge >= 0.3 is 0 Å². The van der Waals surface area contributed by atoms with Crippen molar-refractivity contribution in [1.29, 1.82) is 0 Å². The van der Waals surface area contributed by atoms with Crippen LogP contribution in [-0.4, -0.2) is 44.8 Å². The predicted molar refractivity (Wildman–Crippen MR) is 35.9 cm³/mol. The van der Waals surface area contributed by atoms with Gasteiger partial charge in [0, 0.05) is 0 Å². The fourth-order valence-corrected chi connectivity index (χ4v) is 0.833. The van der Waals surface area contributed by atoms with E-state index >= 15 is 0 Å². The molecule has 0 spiro atoms. The van der Waals surface area contributed by atoms with Crippen LogP contribution in [0.15, 0.2) is 0 Å². The number of hydrogen-bond donors (Lipinski definition) is 1. The molecular formula is C6H14N2O2. The molecule has 0 atom stereocenters. The number of rotatable bonds is 4. The van der Waals surface area contributed by atoms with Crippen molar-refractivity contribution in [3.63, 3.8) is 0 Å². The molecular weight excluding hydrogens is 132 g/mol. The average Bonchev–Trinajstić information content (AvgIpc) is 1.59. The summed E-state index contributed by atoms with van der Waals surface area (Å²) < 4.78 is 0.402. The molecule has 0 rings (SSSR count). The first kappa shape index (κ1) is 9.39. The highest BCUT2D eigenvalue weighted by Crippen LogP contribution is 1.90. The fraction of sp³-hybridized carbons (Fsp3) is 0.833. The Balaban J connectivity index is 3.74. The third-order valence-corrected chi connectivity index (χ3v) is 1.14. The number of nitrogens with zero attached hydrogens (tertiary/aromatic N) is 1. The van der Waals surface area contributed by atoms with Crippen LogP contribution in [0.3, 0.4) is 0 Å². The Bertz CT molecular complexity index is 123. The second-order valence-corrected chi connectivity index (χ2v) is 2.98. The van der Waals surface area contributed by atoms with Gasteiger partial charge in [0.25, 0.3) is 0 Å². The first-order valence-corrected chi connectivity index (χ1v) is 3.14. The van der Waals surface area contributed by atoms with Gasteiger partial charge in [0.1, 0.15) is 13.2 Å². The van der Waals surface area contributed by atoms with Crippen molar-refractivity contribution < 1.29 is 14.4 Å². The Morgan fingerprint density at radius 2 is 2.10 bits per heavy atom. The molecule has 0 fully saturated rings. The predicted octanol–water partition coefficient (Wildman–Crippen LogP) is -2.01. The van der Waals surface area contributed by atoms with Crippen LogP contribution in [0.2, 0.25) is 0 Å². The van der Waals surface area contributed by atoms with Gasteiger partial charge in [0.05, 0.1) is 20.1 Å². The summed E-state index contributed by atoms with van der Waals surface area (Å²) in [6.45, 7) is 0.675. The van der Waals surface area contributed by atoms with Gasteiger partial charge in [0.15, 0.2) is 0 Å². The molecule has 0 aromatic carbocycles. The highest BCUT2D eigenvalue weighted by Gasteiger charge is 2.12. The summed E-state index contributed by atoms with van der Waals surface area (Å²) >= 11 is 0. The van der Waals surface area contributed by atoms with E-state index in [1.165, 1.54) is 0 Å². The van der Waals surface area contributed by atoms with Gasteiger partial charge in [0.2, 0.25) is 0 Å². The highest BCUT2D eigenvalue weighted by atomic mass is 16.4. The zero-order valence-corrected chi connectivity index (χ0v) is 6.68. The van der Waals surface area contributed by atoms with E-state index in [9.17, 15) is 9.90 Å². The summed E-state index contributed by atoms with van der Waals surface area (Å²) in [4.78, 5) is 10.1. The minimum Gasteiger partial charge on any atom is -0.544 e. The minimum absolute atomic E-state index is 0.0425. The zero-order valence-electron chi connectivity index (χ0n) is 6.68. The van der Waals surface area contributed by atoms with Gasteiger partial charge in [-0.2, -0.15) is 0 Å². The normalized spacial score (nSPS) is 11.5. The van der Waals surface area contributed by atoms with E-state index in [2.05, 4.69) is 5.32 Å². The molecule has 0 heterocycles. The molecule has 0 saturated carbocycles. The van der Waals surface area contributed by atoms with Crippen LogP contribution in [-0.2, 0) is 4.79 Å². The molecule has 0 aliphatic heterocycles.